The standard InChI is InChI=1S/C15H21N3O/c1-4-10(2)9-18(3)15(19)13-8-11-6-5-7-12(16)14(11)17-13/h5-8,10,17H,4,9,16H2,1-3H3. The van der Waals surface area contributed by atoms with Crippen LogP contribution in [-0.2, 0) is 0 Å². The molecule has 1 heterocycles. The van der Waals surface area contributed by atoms with Gasteiger partial charge in [0.2, 0.25) is 0 Å². The van der Waals surface area contributed by atoms with E-state index in [4.69, 9.17) is 5.73 Å². The van der Waals surface area contributed by atoms with Crippen LogP contribution in [0.3, 0.4) is 0 Å². The zero-order valence-electron chi connectivity index (χ0n) is 11.7. The Bertz CT molecular complexity index is 588. The van der Waals surface area contributed by atoms with Crippen molar-refractivity contribution in [1.29, 1.82) is 0 Å². The Balaban J connectivity index is 2.24. The number of rotatable bonds is 4. The number of aromatic nitrogens is 1. The van der Waals surface area contributed by atoms with Gasteiger partial charge in [-0.1, -0.05) is 32.4 Å². The lowest BCUT2D eigenvalue weighted by atomic mass is 10.1. The third kappa shape index (κ3) is 2.72. The molecule has 0 fully saturated rings. The van der Waals surface area contributed by atoms with Crippen LogP contribution in [0.5, 0.6) is 0 Å². The maximum atomic E-state index is 12.3. The first-order valence-corrected chi connectivity index (χ1v) is 6.65. The highest BCUT2D eigenvalue weighted by atomic mass is 16.2. The third-order valence-corrected chi connectivity index (χ3v) is 3.55. The Morgan fingerprint density at radius 1 is 1.47 bits per heavy atom. The molecule has 0 bridgehead atoms. The molecule has 1 aromatic heterocycles. The van der Waals surface area contributed by atoms with Crippen molar-refractivity contribution in [3.63, 3.8) is 0 Å². The zero-order valence-corrected chi connectivity index (χ0v) is 11.7. The van der Waals surface area contributed by atoms with Crippen molar-refractivity contribution in [3.05, 3.63) is 30.0 Å². The predicted molar refractivity (Wildman–Crippen MR) is 79.1 cm³/mol. The number of carbonyl (C=O) groups is 1. The Morgan fingerprint density at radius 2 is 2.21 bits per heavy atom. The molecule has 0 spiro atoms. The fourth-order valence-corrected chi connectivity index (χ4v) is 2.18. The lowest BCUT2D eigenvalue weighted by Gasteiger charge is -2.20. The van der Waals surface area contributed by atoms with E-state index in [-0.39, 0.29) is 5.91 Å². The molecule has 19 heavy (non-hydrogen) atoms. The summed E-state index contributed by atoms with van der Waals surface area (Å²) in [5.41, 5.74) is 7.99. The van der Waals surface area contributed by atoms with Crippen molar-refractivity contribution >= 4 is 22.5 Å². The molecular weight excluding hydrogens is 238 g/mol. The predicted octanol–water partition coefficient (Wildman–Crippen LogP) is 2.87. The van der Waals surface area contributed by atoms with Crippen LogP contribution in [0, 0.1) is 5.92 Å². The Hall–Kier alpha value is -1.97. The first-order chi connectivity index (χ1) is 9.02. The van der Waals surface area contributed by atoms with Gasteiger partial charge in [0.1, 0.15) is 5.69 Å². The summed E-state index contributed by atoms with van der Waals surface area (Å²) in [5.74, 6) is 0.513. The van der Waals surface area contributed by atoms with Gasteiger partial charge < -0.3 is 15.6 Å². The number of benzene rings is 1. The summed E-state index contributed by atoms with van der Waals surface area (Å²) in [6, 6.07) is 7.54. The monoisotopic (exact) mass is 259 g/mol. The number of hydrogen-bond donors (Lipinski definition) is 2. The summed E-state index contributed by atoms with van der Waals surface area (Å²) in [6.45, 7) is 5.04. The van der Waals surface area contributed by atoms with Crippen LogP contribution in [0.15, 0.2) is 24.3 Å². The highest BCUT2D eigenvalue weighted by Gasteiger charge is 2.16. The Labute approximate surface area is 113 Å². The quantitative estimate of drug-likeness (QED) is 0.829. The molecule has 4 nitrogen and oxygen atoms in total. The molecule has 0 aliphatic carbocycles. The summed E-state index contributed by atoms with van der Waals surface area (Å²) >= 11 is 0. The molecule has 4 heteroatoms. The van der Waals surface area contributed by atoms with Crippen molar-refractivity contribution < 1.29 is 4.79 Å². The molecule has 0 aliphatic rings. The average molecular weight is 259 g/mol. The molecule has 3 N–H and O–H groups in total. The number of nitrogens with one attached hydrogen (secondary N) is 1. The fourth-order valence-electron chi connectivity index (χ4n) is 2.18. The van der Waals surface area contributed by atoms with Gasteiger partial charge in [-0.25, -0.2) is 0 Å². The van der Waals surface area contributed by atoms with Crippen molar-refractivity contribution in [1.82, 2.24) is 9.88 Å². The minimum atomic E-state index is 0.0101. The van der Waals surface area contributed by atoms with Gasteiger partial charge >= 0.3 is 0 Å². The SMILES string of the molecule is CCC(C)CN(C)C(=O)c1cc2cccc(N)c2[nH]1. The van der Waals surface area contributed by atoms with Crippen LogP contribution < -0.4 is 5.73 Å². The van der Waals surface area contributed by atoms with Crippen LogP contribution in [0.4, 0.5) is 5.69 Å². The minimum absolute atomic E-state index is 0.0101. The highest BCUT2D eigenvalue weighted by Crippen LogP contribution is 2.21. The molecule has 2 aromatic rings. The van der Waals surface area contributed by atoms with Crippen LogP contribution in [-0.4, -0.2) is 29.4 Å². The number of nitrogens with zero attached hydrogens (tertiary/aromatic N) is 1. The molecule has 0 aliphatic heterocycles. The summed E-state index contributed by atoms with van der Waals surface area (Å²) in [5, 5.41) is 0.972. The molecule has 0 saturated heterocycles. The van der Waals surface area contributed by atoms with Crippen LogP contribution >= 0.6 is 0 Å². The summed E-state index contributed by atoms with van der Waals surface area (Å²) in [7, 11) is 1.84. The lowest BCUT2D eigenvalue weighted by molar-refractivity contribution is 0.0770. The lowest BCUT2D eigenvalue weighted by Crippen LogP contribution is -2.31. The summed E-state index contributed by atoms with van der Waals surface area (Å²) < 4.78 is 0. The van der Waals surface area contributed by atoms with Crippen LogP contribution in [0.2, 0.25) is 0 Å². The largest absolute Gasteiger partial charge is 0.397 e. The first kappa shape index (κ1) is 13.5. The molecule has 1 amide bonds. The number of fused-ring (bicyclic) bond motifs is 1. The normalized spacial score (nSPS) is 12.6. The van der Waals surface area contributed by atoms with Gasteiger partial charge in [0, 0.05) is 19.0 Å². The van der Waals surface area contributed by atoms with E-state index in [1.165, 1.54) is 0 Å². The van der Waals surface area contributed by atoms with Crippen molar-refractivity contribution in [2.24, 2.45) is 5.92 Å². The van der Waals surface area contributed by atoms with Gasteiger partial charge in [-0.2, -0.15) is 0 Å². The second-order valence-electron chi connectivity index (χ2n) is 5.19. The molecular formula is C15H21N3O. The van der Waals surface area contributed by atoms with E-state index in [9.17, 15) is 4.79 Å². The van der Waals surface area contributed by atoms with E-state index >= 15 is 0 Å². The molecule has 1 unspecified atom stereocenters. The molecule has 102 valence electrons. The average Bonchev–Trinajstić information content (AvgIpc) is 2.83. The van der Waals surface area contributed by atoms with Crippen molar-refractivity contribution in [3.8, 4) is 0 Å². The van der Waals surface area contributed by atoms with Crippen molar-refractivity contribution in [2.45, 2.75) is 20.3 Å². The van der Waals surface area contributed by atoms with Gasteiger partial charge in [0.05, 0.1) is 11.2 Å². The van der Waals surface area contributed by atoms with E-state index in [0.717, 1.165) is 23.9 Å². The number of hydrogen-bond acceptors (Lipinski definition) is 2. The van der Waals surface area contributed by atoms with Gasteiger partial charge in [-0.05, 0) is 18.1 Å². The third-order valence-electron chi connectivity index (χ3n) is 3.55. The topological polar surface area (TPSA) is 62.1 Å². The maximum absolute atomic E-state index is 12.3. The number of carbonyl (C=O) groups excluding carboxylic acids is 1. The summed E-state index contributed by atoms with van der Waals surface area (Å²) in [4.78, 5) is 17.2. The number of aromatic amines is 1. The molecule has 0 radical (unpaired) electrons. The van der Waals surface area contributed by atoms with Gasteiger partial charge in [0.25, 0.3) is 5.91 Å². The van der Waals surface area contributed by atoms with E-state index in [1.54, 1.807) is 4.90 Å². The maximum Gasteiger partial charge on any atom is 0.270 e. The van der Waals surface area contributed by atoms with Crippen LogP contribution in [0.25, 0.3) is 10.9 Å². The van der Waals surface area contributed by atoms with Gasteiger partial charge in [0.15, 0.2) is 0 Å². The van der Waals surface area contributed by atoms with E-state index in [0.29, 0.717) is 17.3 Å². The number of amides is 1. The first-order valence-electron chi connectivity index (χ1n) is 6.65. The number of H-pyrrole nitrogens is 1. The van der Waals surface area contributed by atoms with Crippen molar-refractivity contribution in [2.75, 3.05) is 19.3 Å². The minimum Gasteiger partial charge on any atom is -0.397 e. The van der Waals surface area contributed by atoms with E-state index in [1.807, 2.05) is 31.3 Å². The number of nitrogens with two attached hydrogens (primary N) is 1. The van der Waals surface area contributed by atoms with Crippen LogP contribution in [0.1, 0.15) is 30.8 Å². The second-order valence-corrected chi connectivity index (χ2v) is 5.19. The molecule has 1 atom stereocenters. The van der Waals surface area contributed by atoms with E-state index < -0.39 is 0 Å². The second kappa shape index (κ2) is 5.34. The molecule has 2 rings (SSSR count). The zero-order chi connectivity index (χ0) is 14.0. The van der Waals surface area contributed by atoms with Gasteiger partial charge in [-0.3, -0.25) is 4.79 Å². The fraction of sp³-hybridized carbons (Fsp3) is 0.400. The Kier molecular flexibility index (Phi) is 3.79. The van der Waals surface area contributed by atoms with Gasteiger partial charge in [-0.15, -0.1) is 0 Å². The number of para-hydroxylation sites is 1. The number of nitrogen functional groups attached to an aromatic ring is 1. The molecule has 0 saturated carbocycles. The molecule has 1 aromatic carbocycles. The number of anilines is 1. The smallest absolute Gasteiger partial charge is 0.270 e. The highest BCUT2D eigenvalue weighted by molar-refractivity contribution is 6.00. The summed E-state index contributed by atoms with van der Waals surface area (Å²) in [6.07, 6.45) is 1.07. The van der Waals surface area contributed by atoms with E-state index in [2.05, 4.69) is 18.8 Å². The Morgan fingerprint density at radius 3 is 2.84 bits per heavy atom.